The lowest BCUT2D eigenvalue weighted by molar-refractivity contribution is 0.128. The third-order valence-corrected chi connectivity index (χ3v) is 2.80. The van der Waals surface area contributed by atoms with Crippen LogP contribution in [0, 0.1) is 6.92 Å². The van der Waals surface area contributed by atoms with E-state index in [9.17, 15) is 4.79 Å². The average Bonchev–Trinajstić information content (AvgIpc) is 2.76. The van der Waals surface area contributed by atoms with Gasteiger partial charge in [0, 0.05) is 25.5 Å². The standard InChI is InChI=1S/C11H13N5O3S/c1-8-4-3-5-10(9(8)6-18-12-7-19-20)16-11(17)15(2)13-14-16/h3-5,7,20H,6H2,1-2H3. The van der Waals surface area contributed by atoms with Crippen molar-refractivity contribution in [2.75, 3.05) is 0 Å². The highest BCUT2D eigenvalue weighted by Crippen LogP contribution is 2.17. The largest absolute Gasteiger partial charge is 0.414 e. The molecule has 0 spiro atoms. The molecule has 0 aliphatic rings. The smallest absolute Gasteiger partial charge is 0.368 e. The molecular weight excluding hydrogens is 282 g/mol. The Bertz CT molecular complexity index is 679. The summed E-state index contributed by atoms with van der Waals surface area (Å²) in [6.45, 7) is 2.07. The fourth-order valence-electron chi connectivity index (χ4n) is 1.69. The van der Waals surface area contributed by atoms with Gasteiger partial charge in [-0.15, -0.1) is 0 Å². The van der Waals surface area contributed by atoms with Crippen LogP contribution < -0.4 is 5.69 Å². The van der Waals surface area contributed by atoms with Gasteiger partial charge in [-0.25, -0.2) is 4.79 Å². The van der Waals surface area contributed by atoms with Gasteiger partial charge in [-0.1, -0.05) is 17.3 Å². The second kappa shape index (κ2) is 6.24. The van der Waals surface area contributed by atoms with E-state index in [1.807, 2.05) is 19.1 Å². The molecule has 0 unspecified atom stereocenters. The van der Waals surface area contributed by atoms with Crippen molar-refractivity contribution in [1.82, 2.24) is 19.8 Å². The lowest BCUT2D eigenvalue weighted by Crippen LogP contribution is -2.23. The van der Waals surface area contributed by atoms with Crippen LogP contribution in [-0.4, -0.2) is 26.2 Å². The van der Waals surface area contributed by atoms with E-state index in [0.29, 0.717) is 5.69 Å². The Kier molecular flexibility index (Phi) is 4.41. The van der Waals surface area contributed by atoms with E-state index < -0.39 is 0 Å². The minimum Gasteiger partial charge on any atom is -0.414 e. The van der Waals surface area contributed by atoms with E-state index in [4.69, 9.17) is 4.84 Å². The number of aromatic nitrogens is 4. The van der Waals surface area contributed by atoms with Gasteiger partial charge in [0.05, 0.1) is 5.69 Å². The average molecular weight is 295 g/mol. The molecule has 0 saturated heterocycles. The van der Waals surface area contributed by atoms with Crippen molar-refractivity contribution in [3.05, 3.63) is 39.8 Å². The maximum Gasteiger partial charge on any atom is 0.368 e. The summed E-state index contributed by atoms with van der Waals surface area (Å²) in [4.78, 5) is 17.0. The maximum absolute atomic E-state index is 11.9. The number of hydrogen-bond acceptors (Lipinski definition) is 7. The number of benzene rings is 1. The summed E-state index contributed by atoms with van der Waals surface area (Å²) in [5, 5.41) is 11.0. The monoisotopic (exact) mass is 295 g/mol. The van der Waals surface area contributed by atoms with Crippen LogP contribution >= 0.6 is 12.9 Å². The Morgan fingerprint density at radius 3 is 2.90 bits per heavy atom. The first-order valence-electron chi connectivity index (χ1n) is 5.67. The van der Waals surface area contributed by atoms with Gasteiger partial charge in [0.15, 0.2) is 0 Å². The van der Waals surface area contributed by atoms with E-state index in [2.05, 4.69) is 32.7 Å². The van der Waals surface area contributed by atoms with Gasteiger partial charge in [-0.2, -0.15) is 9.36 Å². The zero-order valence-corrected chi connectivity index (χ0v) is 11.8. The second-order valence-corrected chi connectivity index (χ2v) is 4.17. The lowest BCUT2D eigenvalue weighted by atomic mass is 10.1. The lowest BCUT2D eigenvalue weighted by Gasteiger charge is -2.09. The molecule has 0 saturated carbocycles. The molecule has 1 heterocycles. The van der Waals surface area contributed by atoms with Crippen LogP contribution in [0.25, 0.3) is 5.69 Å². The van der Waals surface area contributed by atoms with Gasteiger partial charge in [0.25, 0.3) is 0 Å². The fourth-order valence-corrected chi connectivity index (χ4v) is 1.73. The van der Waals surface area contributed by atoms with Crippen molar-refractivity contribution in [2.45, 2.75) is 13.5 Å². The Morgan fingerprint density at radius 2 is 2.25 bits per heavy atom. The van der Waals surface area contributed by atoms with Crippen LogP contribution in [0.2, 0.25) is 0 Å². The fraction of sp³-hybridized carbons (Fsp3) is 0.273. The first kappa shape index (κ1) is 14.1. The van der Waals surface area contributed by atoms with E-state index >= 15 is 0 Å². The Morgan fingerprint density at radius 1 is 1.45 bits per heavy atom. The first-order valence-corrected chi connectivity index (χ1v) is 6.03. The second-order valence-electron chi connectivity index (χ2n) is 3.96. The number of rotatable bonds is 5. The molecule has 20 heavy (non-hydrogen) atoms. The van der Waals surface area contributed by atoms with Crippen LogP contribution in [0.15, 0.2) is 28.1 Å². The summed E-state index contributed by atoms with van der Waals surface area (Å²) < 4.78 is 6.71. The highest BCUT2D eigenvalue weighted by molar-refractivity contribution is 7.75. The molecule has 0 atom stereocenters. The third-order valence-electron chi connectivity index (χ3n) is 2.71. The molecule has 0 amide bonds. The van der Waals surface area contributed by atoms with E-state index in [1.165, 1.54) is 11.7 Å². The van der Waals surface area contributed by atoms with Crippen LogP contribution in [0.3, 0.4) is 0 Å². The summed E-state index contributed by atoms with van der Waals surface area (Å²) in [5.74, 6) is 0. The van der Waals surface area contributed by atoms with Crippen molar-refractivity contribution in [3.8, 4) is 5.69 Å². The quantitative estimate of drug-likeness (QED) is 0.287. The van der Waals surface area contributed by atoms with Crippen molar-refractivity contribution < 1.29 is 9.02 Å². The van der Waals surface area contributed by atoms with Gasteiger partial charge < -0.3 is 9.02 Å². The van der Waals surface area contributed by atoms with Gasteiger partial charge in [-0.05, 0) is 29.0 Å². The molecule has 9 heteroatoms. The third kappa shape index (κ3) is 2.82. The van der Waals surface area contributed by atoms with Crippen LogP contribution in [-0.2, 0) is 22.7 Å². The zero-order valence-electron chi connectivity index (χ0n) is 10.9. The van der Waals surface area contributed by atoms with Crippen LogP contribution in [0.5, 0.6) is 0 Å². The molecule has 2 rings (SSSR count). The van der Waals surface area contributed by atoms with Gasteiger partial charge in [-0.3, -0.25) is 0 Å². The molecular formula is C11H13N5O3S. The summed E-state index contributed by atoms with van der Waals surface area (Å²) in [6.07, 6.45) is 1.05. The highest BCUT2D eigenvalue weighted by atomic mass is 32.1. The SMILES string of the molecule is Cc1cccc(-n2nnn(C)c2=O)c1CON=COS. The summed E-state index contributed by atoms with van der Waals surface area (Å²) >= 11 is 3.50. The molecule has 0 radical (unpaired) electrons. The van der Waals surface area contributed by atoms with E-state index in [0.717, 1.165) is 22.2 Å². The number of tetrazole rings is 1. The van der Waals surface area contributed by atoms with Gasteiger partial charge >= 0.3 is 5.69 Å². The molecule has 106 valence electrons. The Balaban J connectivity index is 2.38. The Labute approximate surface area is 120 Å². The number of thiol groups is 1. The molecule has 0 fully saturated rings. The molecule has 0 aliphatic carbocycles. The van der Waals surface area contributed by atoms with Crippen LogP contribution in [0.4, 0.5) is 0 Å². The summed E-state index contributed by atoms with van der Waals surface area (Å²) in [7, 11) is 1.53. The number of nitrogens with zero attached hydrogens (tertiary/aromatic N) is 5. The van der Waals surface area contributed by atoms with Crippen molar-refractivity contribution >= 4 is 19.3 Å². The van der Waals surface area contributed by atoms with Crippen molar-refractivity contribution in [1.29, 1.82) is 0 Å². The molecule has 2 aromatic rings. The Hall–Kier alpha value is -2.29. The molecule has 0 N–H and O–H groups in total. The number of oxime groups is 1. The minimum absolute atomic E-state index is 0.165. The molecule has 8 nitrogen and oxygen atoms in total. The normalized spacial score (nSPS) is 10.9. The molecule has 1 aromatic heterocycles. The molecule has 1 aromatic carbocycles. The number of aryl methyl sites for hydroxylation is 2. The van der Waals surface area contributed by atoms with E-state index in [1.54, 1.807) is 6.07 Å². The summed E-state index contributed by atoms with van der Waals surface area (Å²) in [6, 6.07) is 5.50. The maximum atomic E-state index is 11.9. The zero-order chi connectivity index (χ0) is 14.5. The predicted octanol–water partition coefficient (Wildman–Crippen LogP) is 0.596. The number of hydrogen-bond donors (Lipinski definition) is 1. The van der Waals surface area contributed by atoms with Crippen molar-refractivity contribution in [3.63, 3.8) is 0 Å². The predicted molar refractivity (Wildman–Crippen MR) is 74.7 cm³/mol. The summed E-state index contributed by atoms with van der Waals surface area (Å²) in [5.41, 5.74) is 2.00. The minimum atomic E-state index is -0.334. The van der Waals surface area contributed by atoms with Crippen LogP contribution in [0.1, 0.15) is 11.1 Å². The van der Waals surface area contributed by atoms with E-state index in [-0.39, 0.29) is 12.3 Å². The van der Waals surface area contributed by atoms with Gasteiger partial charge in [0.2, 0.25) is 6.40 Å². The van der Waals surface area contributed by atoms with Crippen molar-refractivity contribution in [2.24, 2.45) is 12.2 Å². The highest BCUT2D eigenvalue weighted by Gasteiger charge is 2.13. The molecule has 0 aliphatic heterocycles. The first-order chi connectivity index (χ1) is 9.65. The molecule has 0 bridgehead atoms. The topological polar surface area (TPSA) is 83.5 Å². The van der Waals surface area contributed by atoms with Gasteiger partial charge in [0.1, 0.15) is 6.61 Å².